The van der Waals surface area contributed by atoms with Crippen LogP contribution in [0, 0.1) is 0 Å². The van der Waals surface area contributed by atoms with Crippen molar-refractivity contribution in [1.29, 1.82) is 0 Å². The molecule has 0 aliphatic heterocycles. The number of aromatic nitrogens is 3. The summed E-state index contributed by atoms with van der Waals surface area (Å²) in [7, 11) is 0. The largest absolute Gasteiger partial charge is 0.470 e. The van der Waals surface area contributed by atoms with Gasteiger partial charge >= 0.3 is 11.9 Å². The molecule has 0 radical (unpaired) electrons. The summed E-state index contributed by atoms with van der Waals surface area (Å²) in [6, 6.07) is 1.47. The highest BCUT2D eigenvalue weighted by Gasteiger charge is 2.35. The second kappa shape index (κ2) is 7.13. The lowest BCUT2D eigenvalue weighted by atomic mass is 10.1. The number of rotatable bonds is 5. The van der Waals surface area contributed by atoms with E-state index in [1.807, 2.05) is 4.98 Å². The molecule has 2 aromatic heterocycles. The molecule has 0 amide bonds. The van der Waals surface area contributed by atoms with Gasteiger partial charge in [0.15, 0.2) is 17.9 Å². The lowest BCUT2D eigenvalue weighted by molar-refractivity contribution is -0.136. The fourth-order valence-electron chi connectivity index (χ4n) is 2.39. The van der Waals surface area contributed by atoms with Crippen LogP contribution in [0.5, 0.6) is 5.88 Å². The van der Waals surface area contributed by atoms with E-state index in [2.05, 4.69) is 14.7 Å². The standard InChI is InChI=1S/C15H8F7N3O3/c16-8(17)4-27-13-10(12(18)19)24-7(3-23-13)5-1-2-6(15(20,21)22)9-11(5)28-14(26)25-9/h1-3,8,12H,4H2,(H,25,26). The first-order valence-corrected chi connectivity index (χ1v) is 7.37. The number of nitrogens with zero attached hydrogens (tertiary/aromatic N) is 2. The zero-order valence-electron chi connectivity index (χ0n) is 13.4. The zero-order chi connectivity index (χ0) is 20.6. The van der Waals surface area contributed by atoms with Crippen molar-refractivity contribution in [3.63, 3.8) is 0 Å². The number of hydrogen-bond donors (Lipinski definition) is 1. The van der Waals surface area contributed by atoms with Crippen LogP contribution >= 0.6 is 0 Å². The predicted molar refractivity (Wildman–Crippen MR) is 79.3 cm³/mol. The number of H-pyrrole nitrogens is 1. The number of benzene rings is 1. The van der Waals surface area contributed by atoms with Crippen LogP contribution < -0.4 is 10.5 Å². The Labute approximate surface area is 150 Å². The van der Waals surface area contributed by atoms with E-state index < -0.39 is 59.6 Å². The maximum atomic E-state index is 13.2. The first kappa shape index (κ1) is 19.6. The van der Waals surface area contributed by atoms with Crippen molar-refractivity contribution < 1.29 is 39.9 Å². The Morgan fingerprint density at radius 1 is 1.18 bits per heavy atom. The topological polar surface area (TPSA) is 81.0 Å². The van der Waals surface area contributed by atoms with Crippen molar-refractivity contribution in [2.24, 2.45) is 0 Å². The van der Waals surface area contributed by atoms with Crippen LogP contribution in [0.1, 0.15) is 17.7 Å². The van der Waals surface area contributed by atoms with E-state index >= 15 is 0 Å². The molecule has 1 N–H and O–H groups in total. The molecule has 3 rings (SSSR count). The van der Waals surface area contributed by atoms with E-state index in [0.29, 0.717) is 6.07 Å². The van der Waals surface area contributed by atoms with Crippen molar-refractivity contribution >= 4 is 11.1 Å². The van der Waals surface area contributed by atoms with Crippen molar-refractivity contribution in [2.75, 3.05) is 6.61 Å². The second-order valence-electron chi connectivity index (χ2n) is 5.33. The van der Waals surface area contributed by atoms with Gasteiger partial charge in [-0.25, -0.2) is 32.3 Å². The minimum Gasteiger partial charge on any atom is -0.470 e. The van der Waals surface area contributed by atoms with E-state index in [1.54, 1.807) is 0 Å². The van der Waals surface area contributed by atoms with Crippen LogP contribution in [-0.2, 0) is 6.18 Å². The zero-order valence-corrected chi connectivity index (χ0v) is 13.4. The second-order valence-corrected chi connectivity index (χ2v) is 5.33. The smallest absolute Gasteiger partial charge is 0.418 e. The molecule has 28 heavy (non-hydrogen) atoms. The van der Waals surface area contributed by atoms with Crippen LogP contribution in [0.2, 0.25) is 0 Å². The molecule has 0 fully saturated rings. The Morgan fingerprint density at radius 2 is 1.89 bits per heavy atom. The van der Waals surface area contributed by atoms with Crippen molar-refractivity contribution in [1.82, 2.24) is 15.0 Å². The number of ether oxygens (including phenoxy) is 1. The van der Waals surface area contributed by atoms with Crippen LogP contribution in [0.3, 0.4) is 0 Å². The average Bonchev–Trinajstić information content (AvgIpc) is 2.98. The molecular formula is C15H8F7N3O3. The molecule has 13 heteroatoms. The van der Waals surface area contributed by atoms with Crippen molar-refractivity contribution in [2.45, 2.75) is 19.0 Å². The van der Waals surface area contributed by atoms with Crippen molar-refractivity contribution in [3.05, 3.63) is 40.1 Å². The molecule has 6 nitrogen and oxygen atoms in total. The molecule has 0 saturated carbocycles. The molecule has 0 bridgehead atoms. The van der Waals surface area contributed by atoms with Crippen LogP contribution in [0.15, 0.2) is 27.5 Å². The molecule has 1 aromatic carbocycles. The highest BCUT2D eigenvalue weighted by molar-refractivity contribution is 5.91. The highest BCUT2D eigenvalue weighted by Crippen LogP contribution is 2.38. The molecule has 0 spiro atoms. The number of alkyl halides is 7. The molecule has 2 heterocycles. The highest BCUT2D eigenvalue weighted by atomic mass is 19.4. The third-order valence-corrected chi connectivity index (χ3v) is 3.48. The van der Waals surface area contributed by atoms with Gasteiger partial charge in [-0.15, -0.1) is 0 Å². The van der Waals surface area contributed by atoms with Gasteiger partial charge in [0, 0.05) is 5.56 Å². The summed E-state index contributed by atoms with van der Waals surface area (Å²) in [4.78, 5) is 20.3. The van der Waals surface area contributed by atoms with Gasteiger partial charge < -0.3 is 9.15 Å². The maximum absolute atomic E-state index is 13.2. The summed E-state index contributed by atoms with van der Waals surface area (Å²) in [6.07, 6.45) is -10.2. The van der Waals surface area contributed by atoms with Crippen LogP contribution in [0.4, 0.5) is 30.7 Å². The minimum absolute atomic E-state index is 0.240. The lowest BCUT2D eigenvalue weighted by Gasteiger charge is -2.12. The summed E-state index contributed by atoms with van der Waals surface area (Å²) in [6.45, 7) is -1.20. The third kappa shape index (κ3) is 3.77. The fraction of sp³-hybridized carbons (Fsp3) is 0.267. The first-order chi connectivity index (χ1) is 13.1. The Balaban J connectivity index is 2.15. The Kier molecular flexibility index (Phi) is 5.00. The van der Waals surface area contributed by atoms with Gasteiger partial charge in [-0.1, -0.05) is 0 Å². The van der Waals surface area contributed by atoms with E-state index in [4.69, 9.17) is 4.42 Å². The summed E-state index contributed by atoms with van der Waals surface area (Å²) in [5, 5.41) is 0. The number of oxazole rings is 1. The Bertz CT molecular complexity index is 1060. The van der Waals surface area contributed by atoms with Crippen LogP contribution in [0.25, 0.3) is 22.4 Å². The third-order valence-electron chi connectivity index (χ3n) is 3.48. The molecule has 150 valence electrons. The van der Waals surface area contributed by atoms with Gasteiger partial charge in [-0.2, -0.15) is 13.2 Å². The van der Waals surface area contributed by atoms with Gasteiger partial charge in [0.05, 0.1) is 17.5 Å². The van der Waals surface area contributed by atoms with Crippen LogP contribution in [-0.4, -0.2) is 28.0 Å². The average molecular weight is 411 g/mol. The molecular weight excluding hydrogens is 403 g/mol. The van der Waals surface area contributed by atoms with E-state index in [1.165, 1.54) is 0 Å². The number of hydrogen-bond acceptors (Lipinski definition) is 5. The van der Waals surface area contributed by atoms with E-state index in [0.717, 1.165) is 12.3 Å². The summed E-state index contributed by atoms with van der Waals surface area (Å²) in [5.41, 5.74) is -4.19. The van der Waals surface area contributed by atoms with Crippen molar-refractivity contribution in [3.8, 4) is 17.1 Å². The lowest BCUT2D eigenvalue weighted by Crippen LogP contribution is -2.11. The molecule has 0 atom stereocenters. The fourth-order valence-corrected chi connectivity index (χ4v) is 2.39. The van der Waals surface area contributed by atoms with Gasteiger partial charge in [0.25, 0.3) is 12.9 Å². The molecule has 0 aliphatic rings. The normalized spacial score (nSPS) is 12.3. The molecule has 0 aliphatic carbocycles. The van der Waals surface area contributed by atoms with Gasteiger partial charge in [-0.05, 0) is 12.1 Å². The molecule has 3 aromatic rings. The maximum Gasteiger partial charge on any atom is 0.418 e. The number of aromatic amines is 1. The van der Waals surface area contributed by atoms with Gasteiger partial charge in [0.1, 0.15) is 5.52 Å². The monoisotopic (exact) mass is 411 g/mol. The predicted octanol–water partition coefficient (Wildman–Crippen LogP) is 4.18. The Morgan fingerprint density at radius 3 is 2.50 bits per heavy atom. The summed E-state index contributed by atoms with van der Waals surface area (Å²) < 4.78 is 99.2. The van der Waals surface area contributed by atoms with Gasteiger partial charge in [0.2, 0.25) is 5.88 Å². The van der Waals surface area contributed by atoms with E-state index in [9.17, 15) is 35.5 Å². The number of nitrogens with one attached hydrogen (secondary N) is 1. The number of fused-ring (bicyclic) bond motifs is 1. The van der Waals surface area contributed by atoms with Gasteiger partial charge in [-0.3, -0.25) is 4.98 Å². The SMILES string of the molecule is O=c1[nH]c2c(C(F)(F)F)ccc(-c3cnc(OCC(F)F)c(C(F)F)n3)c2o1. The summed E-state index contributed by atoms with van der Waals surface area (Å²) >= 11 is 0. The quantitative estimate of drug-likeness (QED) is 0.638. The van der Waals surface area contributed by atoms with E-state index in [-0.39, 0.29) is 11.3 Å². The first-order valence-electron chi connectivity index (χ1n) is 7.37. The molecule has 0 saturated heterocycles. The minimum atomic E-state index is -4.82. The Hall–Kier alpha value is -3.12. The number of halogens is 7. The summed E-state index contributed by atoms with van der Waals surface area (Å²) in [5.74, 6) is -2.05. The molecule has 0 unspecified atom stereocenters.